The Morgan fingerprint density at radius 3 is 2.90 bits per heavy atom. The molecule has 1 N–H and O–H groups in total. The highest BCUT2D eigenvalue weighted by molar-refractivity contribution is 9.10. The van der Waals surface area contributed by atoms with Gasteiger partial charge in [0.1, 0.15) is 4.47 Å². The van der Waals surface area contributed by atoms with E-state index >= 15 is 0 Å². The predicted octanol–water partition coefficient (Wildman–Crippen LogP) is 2.38. The molecule has 1 fully saturated rings. The van der Waals surface area contributed by atoms with E-state index in [4.69, 9.17) is 0 Å². The third kappa shape index (κ3) is 3.48. The van der Waals surface area contributed by atoms with Crippen LogP contribution < -0.4 is 15.8 Å². The van der Waals surface area contributed by atoms with Crippen molar-refractivity contribution in [3.05, 3.63) is 21.0 Å². The number of hydrogen-bond acceptors (Lipinski definition) is 4. The average molecular weight is 357 g/mol. The first-order chi connectivity index (χ1) is 10.1. The fourth-order valence-electron chi connectivity index (χ4n) is 3.12. The summed E-state index contributed by atoms with van der Waals surface area (Å²) in [4.78, 5) is 14.6. The molecule has 0 amide bonds. The quantitative estimate of drug-likeness (QED) is 0.879. The number of rotatable bonds is 5. The molecule has 0 bridgehead atoms. The smallest absolute Gasteiger partial charge is 0.283 e. The second-order valence-corrected chi connectivity index (χ2v) is 6.36. The van der Waals surface area contributed by atoms with Crippen molar-refractivity contribution < 1.29 is 0 Å². The van der Waals surface area contributed by atoms with Gasteiger partial charge in [-0.15, -0.1) is 0 Å². The van der Waals surface area contributed by atoms with E-state index in [1.165, 1.54) is 17.5 Å². The zero-order chi connectivity index (χ0) is 15.4. The Bertz CT molecular complexity index is 531. The van der Waals surface area contributed by atoms with Gasteiger partial charge in [-0.2, -0.15) is 5.10 Å². The SMILES string of the molecule is CCNC(C)C1CCCCN1c1cnn(CC)c(=O)c1Br. The molecule has 0 aliphatic carbocycles. The predicted molar refractivity (Wildman–Crippen MR) is 90.0 cm³/mol. The van der Waals surface area contributed by atoms with Gasteiger partial charge in [-0.3, -0.25) is 4.79 Å². The Hall–Kier alpha value is -0.880. The second-order valence-electron chi connectivity index (χ2n) is 5.57. The minimum Gasteiger partial charge on any atom is -0.365 e. The topological polar surface area (TPSA) is 50.2 Å². The molecule has 2 heterocycles. The summed E-state index contributed by atoms with van der Waals surface area (Å²) in [6, 6.07) is 0.810. The number of aromatic nitrogens is 2. The second kappa shape index (κ2) is 7.40. The Morgan fingerprint density at radius 1 is 1.48 bits per heavy atom. The van der Waals surface area contributed by atoms with Crippen LogP contribution in [-0.2, 0) is 6.54 Å². The van der Waals surface area contributed by atoms with Crippen molar-refractivity contribution >= 4 is 21.6 Å². The minimum absolute atomic E-state index is 0.0459. The molecule has 0 spiro atoms. The highest BCUT2D eigenvalue weighted by Crippen LogP contribution is 2.30. The highest BCUT2D eigenvalue weighted by atomic mass is 79.9. The molecular formula is C15H25BrN4O. The molecule has 5 nitrogen and oxygen atoms in total. The average Bonchev–Trinajstić information content (AvgIpc) is 2.50. The molecular weight excluding hydrogens is 332 g/mol. The van der Waals surface area contributed by atoms with Gasteiger partial charge >= 0.3 is 0 Å². The first-order valence-corrected chi connectivity index (χ1v) is 8.65. The van der Waals surface area contributed by atoms with Crippen molar-refractivity contribution in [1.82, 2.24) is 15.1 Å². The molecule has 118 valence electrons. The van der Waals surface area contributed by atoms with Crippen LogP contribution >= 0.6 is 15.9 Å². The van der Waals surface area contributed by atoms with Crippen LogP contribution in [0.4, 0.5) is 5.69 Å². The highest BCUT2D eigenvalue weighted by Gasteiger charge is 2.29. The van der Waals surface area contributed by atoms with Gasteiger partial charge in [0.15, 0.2) is 0 Å². The summed E-state index contributed by atoms with van der Waals surface area (Å²) >= 11 is 3.49. The van der Waals surface area contributed by atoms with Crippen LogP contribution in [0.3, 0.4) is 0 Å². The summed E-state index contributed by atoms with van der Waals surface area (Å²) in [5, 5.41) is 7.80. The molecule has 1 aromatic rings. The summed E-state index contributed by atoms with van der Waals surface area (Å²) < 4.78 is 2.12. The van der Waals surface area contributed by atoms with E-state index in [0.29, 0.717) is 23.1 Å². The Balaban J connectivity index is 2.33. The maximum Gasteiger partial charge on any atom is 0.283 e. The van der Waals surface area contributed by atoms with Crippen molar-refractivity contribution in [2.45, 2.75) is 58.7 Å². The molecule has 2 unspecified atom stereocenters. The summed E-state index contributed by atoms with van der Waals surface area (Å²) in [5.74, 6) is 0. The maximum absolute atomic E-state index is 12.3. The molecule has 21 heavy (non-hydrogen) atoms. The summed E-state index contributed by atoms with van der Waals surface area (Å²) in [5.41, 5.74) is 0.884. The molecule has 0 radical (unpaired) electrons. The van der Waals surface area contributed by atoms with Gasteiger partial charge in [0, 0.05) is 25.2 Å². The molecule has 6 heteroatoms. The molecule has 0 aromatic carbocycles. The van der Waals surface area contributed by atoms with Crippen molar-refractivity contribution in [2.75, 3.05) is 18.0 Å². The van der Waals surface area contributed by atoms with E-state index in [0.717, 1.165) is 25.2 Å². The Morgan fingerprint density at radius 2 is 2.24 bits per heavy atom. The van der Waals surface area contributed by atoms with Crippen LogP contribution in [0.25, 0.3) is 0 Å². The van der Waals surface area contributed by atoms with Crippen molar-refractivity contribution in [3.8, 4) is 0 Å². The lowest BCUT2D eigenvalue weighted by Crippen LogP contribution is -2.51. The zero-order valence-electron chi connectivity index (χ0n) is 13.1. The number of halogens is 1. The third-order valence-electron chi connectivity index (χ3n) is 4.23. The lowest BCUT2D eigenvalue weighted by Gasteiger charge is -2.41. The van der Waals surface area contributed by atoms with E-state index in [9.17, 15) is 4.79 Å². The number of piperidine rings is 1. The Labute approximate surface area is 134 Å². The van der Waals surface area contributed by atoms with Gasteiger partial charge in [-0.1, -0.05) is 6.92 Å². The van der Waals surface area contributed by atoms with Crippen LogP contribution in [0.1, 0.15) is 40.0 Å². The summed E-state index contributed by atoms with van der Waals surface area (Å²) in [6.45, 7) is 8.82. The van der Waals surface area contributed by atoms with Gasteiger partial charge in [0.2, 0.25) is 0 Å². The van der Waals surface area contributed by atoms with Crippen molar-refractivity contribution in [1.29, 1.82) is 0 Å². The monoisotopic (exact) mass is 356 g/mol. The van der Waals surface area contributed by atoms with Crippen molar-refractivity contribution in [2.24, 2.45) is 0 Å². The van der Waals surface area contributed by atoms with Gasteiger partial charge in [-0.25, -0.2) is 4.68 Å². The van der Waals surface area contributed by atoms with E-state index in [1.807, 2.05) is 13.1 Å². The van der Waals surface area contributed by atoms with E-state index < -0.39 is 0 Å². The normalized spacial score (nSPS) is 20.6. The first kappa shape index (κ1) is 16.5. The minimum atomic E-state index is -0.0459. The van der Waals surface area contributed by atoms with E-state index in [-0.39, 0.29) is 5.56 Å². The fraction of sp³-hybridized carbons (Fsp3) is 0.733. The van der Waals surface area contributed by atoms with Gasteiger partial charge in [0.05, 0.1) is 11.9 Å². The standard InChI is InChI=1S/C15H25BrN4O/c1-4-17-11(3)12-8-6-7-9-19(12)13-10-18-20(5-2)15(21)14(13)16/h10-12,17H,4-9H2,1-3H3. The van der Waals surface area contributed by atoms with Crippen LogP contribution in [0.2, 0.25) is 0 Å². The number of likely N-dealkylation sites (N-methyl/N-ethyl adjacent to an activating group) is 1. The molecule has 1 aliphatic heterocycles. The van der Waals surface area contributed by atoms with E-state index in [2.05, 4.69) is 45.1 Å². The molecule has 2 rings (SSSR count). The van der Waals surface area contributed by atoms with Crippen molar-refractivity contribution in [3.63, 3.8) is 0 Å². The third-order valence-corrected chi connectivity index (χ3v) is 4.97. The van der Waals surface area contributed by atoms with Crippen LogP contribution in [0.15, 0.2) is 15.5 Å². The van der Waals surface area contributed by atoms with Gasteiger partial charge < -0.3 is 10.2 Å². The molecule has 2 atom stereocenters. The fourth-order valence-corrected chi connectivity index (χ4v) is 3.65. The molecule has 1 aromatic heterocycles. The molecule has 1 aliphatic rings. The zero-order valence-corrected chi connectivity index (χ0v) is 14.7. The Kier molecular flexibility index (Phi) is 5.81. The molecule has 0 saturated carbocycles. The number of nitrogens with zero attached hydrogens (tertiary/aromatic N) is 3. The van der Waals surface area contributed by atoms with E-state index in [1.54, 1.807) is 0 Å². The maximum atomic E-state index is 12.3. The number of hydrogen-bond donors (Lipinski definition) is 1. The number of anilines is 1. The van der Waals surface area contributed by atoms with Gasteiger partial charge in [0.25, 0.3) is 5.56 Å². The number of aryl methyl sites for hydroxylation is 1. The first-order valence-electron chi connectivity index (χ1n) is 7.85. The van der Waals surface area contributed by atoms with Crippen LogP contribution in [0, 0.1) is 0 Å². The summed E-state index contributed by atoms with van der Waals surface area (Å²) in [7, 11) is 0. The summed E-state index contributed by atoms with van der Waals surface area (Å²) in [6.07, 6.45) is 5.38. The van der Waals surface area contributed by atoms with Crippen LogP contribution in [0.5, 0.6) is 0 Å². The molecule has 1 saturated heterocycles. The lowest BCUT2D eigenvalue weighted by molar-refractivity contribution is 0.371. The van der Waals surface area contributed by atoms with Gasteiger partial charge in [-0.05, 0) is 55.6 Å². The lowest BCUT2D eigenvalue weighted by atomic mass is 9.96. The number of nitrogens with one attached hydrogen (secondary N) is 1. The van der Waals surface area contributed by atoms with Crippen LogP contribution in [-0.4, -0.2) is 35.0 Å². The largest absolute Gasteiger partial charge is 0.365 e.